The molecule has 0 heterocycles. The van der Waals surface area contributed by atoms with Gasteiger partial charge in [-0.2, -0.15) is 13.2 Å². The SMILES string of the molecule is NC(N)=NCCC[C@H](N)C(=O)NC[C@H](F)[C@H](F)C(=O)N[C@@H](CC(=O)O)C(=O)N[C@@H](Cc1ccccc1)C(=O)O.O=C(O)C(F)(F)F. The molecule has 0 unspecified atom stereocenters. The Morgan fingerprint density at radius 1 is 0.870 bits per heavy atom. The number of carboxylic acid groups (broad SMARTS) is 3. The number of hydrogen-bond donors (Lipinski definition) is 9. The molecular formula is C25H34F5N7O9. The third-order valence-corrected chi connectivity index (χ3v) is 5.50. The lowest BCUT2D eigenvalue weighted by molar-refractivity contribution is -0.192. The van der Waals surface area contributed by atoms with Gasteiger partial charge in [-0.15, -0.1) is 0 Å². The quantitative estimate of drug-likeness (QED) is 0.0399. The van der Waals surface area contributed by atoms with E-state index in [0.29, 0.717) is 12.0 Å². The first-order valence-electron chi connectivity index (χ1n) is 13.0. The number of rotatable bonds is 17. The number of aliphatic carboxylic acids is 3. The van der Waals surface area contributed by atoms with Crippen molar-refractivity contribution in [2.24, 2.45) is 22.2 Å². The molecule has 0 fully saturated rings. The number of carboxylic acids is 3. The summed E-state index contributed by atoms with van der Waals surface area (Å²) in [4.78, 5) is 72.1. The van der Waals surface area contributed by atoms with E-state index in [2.05, 4.69) is 15.6 Å². The van der Waals surface area contributed by atoms with Crippen LogP contribution < -0.4 is 33.2 Å². The summed E-state index contributed by atoms with van der Waals surface area (Å²) in [6.45, 7) is -0.741. The van der Waals surface area contributed by atoms with Gasteiger partial charge in [0.15, 0.2) is 12.1 Å². The summed E-state index contributed by atoms with van der Waals surface area (Å²) < 4.78 is 60.5. The van der Waals surface area contributed by atoms with Gasteiger partial charge in [0, 0.05) is 13.0 Å². The molecule has 12 N–H and O–H groups in total. The van der Waals surface area contributed by atoms with Gasteiger partial charge >= 0.3 is 24.1 Å². The topological polar surface area (TPSA) is 290 Å². The Kier molecular flexibility index (Phi) is 17.8. The predicted molar refractivity (Wildman–Crippen MR) is 148 cm³/mol. The highest BCUT2D eigenvalue weighted by Gasteiger charge is 2.38. The number of aliphatic imine (C=N–C) groups is 1. The first-order chi connectivity index (χ1) is 21.3. The largest absolute Gasteiger partial charge is 0.490 e. The first kappa shape index (κ1) is 40.9. The molecule has 0 aliphatic carbocycles. The van der Waals surface area contributed by atoms with Crippen LogP contribution in [0.25, 0.3) is 0 Å². The van der Waals surface area contributed by atoms with Crippen LogP contribution in [0.3, 0.4) is 0 Å². The third-order valence-electron chi connectivity index (χ3n) is 5.50. The molecule has 1 aromatic carbocycles. The molecule has 1 rings (SSSR count). The molecule has 0 saturated carbocycles. The van der Waals surface area contributed by atoms with E-state index in [1.807, 2.05) is 0 Å². The molecule has 0 radical (unpaired) electrons. The van der Waals surface area contributed by atoms with Gasteiger partial charge in [0.2, 0.25) is 18.0 Å². The number of guanidine groups is 1. The van der Waals surface area contributed by atoms with E-state index in [0.717, 1.165) is 0 Å². The summed E-state index contributed by atoms with van der Waals surface area (Å²) in [5, 5.41) is 31.6. The Labute approximate surface area is 257 Å². The highest BCUT2D eigenvalue weighted by Crippen LogP contribution is 2.13. The van der Waals surface area contributed by atoms with Crippen molar-refractivity contribution in [3.8, 4) is 0 Å². The second-order valence-electron chi connectivity index (χ2n) is 9.27. The molecule has 5 atom stereocenters. The minimum Gasteiger partial charge on any atom is -0.481 e. The second-order valence-corrected chi connectivity index (χ2v) is 9.27. The molecule has 46 heavy (non-hydrogen) atoms. The van der Waals surface area contributed by atoms with Crippen LogP contribution in [0.15, 0.2) is 35.3 Å². The van der Waals surface area contributed by atoms with Gasteiger partial charge in [-0.3, -0.25) is 24.2 Å². The summed E-state index contributed by atoms with van der Waals surface area (Å²) in [6.07, 6.45) is -11.3. The Morgan fingerprint density at radius 3 is 1.89 bits per heavy atom. The van der Waals surface area contributed by atoms with Crippen LogP contribution in [-0.2, 0) is 35.2 Å². The Bertz CT molecular complexity index is 1220. The molecule has 16 nitrogen and oxygen atoms in total. The number of nitrogens with zero attached hydrogens (tertiary/aromatic N) is 1. The summed E-state index contributed by atoms with van der Waals surface area (Å²) in [5.41, 5.74) is 16.5. The lowest BCUT2D eigenvalue weighted by Crippen LogP contribution is -2.55. The lowest BCUT2D eigenvalue weighted by atomic mass is 10.0. The van der Waals surface area contributed by atoms with E-state index in [1.54, 1.807) is 35.6 Å². The number of hydrogen-bond acceptors (Lipinski definition) is 8. The third kappa shape index (κ3) is 17.3. The monoisotopic (exact) mass is 671 g/mol. The van der Waals surface area contributed by atoms with Crippen molar-refractivity contribution >= 4 is 41.6 Å². The molecule has 0 bridgehead atoms. The van der Waals surface area contributed by atoms with Crippen molar-refractivity contribution in [2.45, 2.75) is 62.3 Å². The predicted octanol–water partition coefficient (Wildman–Crippen LogP) is -1.44. The van der Waals surface area contributed by atoms with Crippen LogP contribution in [0, 0.1) is 0 Å². The van der Waals surface area contributed by atoms with E-state index >= 15 is 0 Å². The van der Waals surface area contributed by atoms with Crippen LogP contribution >= 0.6 is 0 Å². The smallest absolute Gasteiger partial charge is 0.481 e. The molecule has 0 aromatic heterocycles. The van der Waals surface area contributed by atoms with Crippen molar-refractivity contribution in [1.29, 1.82) is 0 Å². The minimum atomic E-state index is -5.08. The number of carbonyl (C=O) groups is 6. The standard InChI is InChI=1S/C23H33F2N7O7.C2HF3O2/c24-13(11-30-19(35)14(26)7-4-8-29-23(27)28)18(25)21(37)31-15(10-17(33)34)20(36)32-16(22(38)39)9-12-5-2-1-3-6-12;3-2(4,5)1(6)7/h1-3,5-6,13-16,18H,4,7-11,26H2,(H,30,35)(H,31,37)(H,32,36)(H,33,34)(H,38,39)(H4,27,28,29);(H,6,7)/t13-,14-,15-,16-,18-;/m0./s1. The maximum atomic E-state index is 14.4. The fourth-order valence-corrected chi connectivity index (χ4v) is 3.20. The van der Waals surface area contributed by atoms with Gasteiger partial charge in [0.25, 0.3) is 5.91 Å². The zero-order valence-electron chi connectivity index (χ0n) is 23.9. The van der Waals surface area contributed by atoms with E-state index in [1.165, 1.54) is 0 Å². The number of amides is 3. The van der Waals surface area contributed by atoms with Crippen LogP contribution in [0.5, 0.6) is 0 Å². The van der Waals surface area contributed by atoms with Crippen molar-refractivity contribution in [3.63, 3.8) is 0 Å². The van der Waals surface area contributed by atoms with E-state index in [-0.39, 0.29) is 25.3 Å². The van der Waals surface area contributed by atoms with Crippen molar-refractivity contribution in [2.75, 3.05) is 13.1 Å². The fourth-order valence-electron chi connectivity index (χ4n) is 3.20. The number of carbonyl (C=O) groups excluding carboxylic acids is 3. The van der Waals surface area contributed by atoms with Gasteiger partial charge in [-0.1, -0.05) is 30.3 Å². The first-order valence-corrected chi connectivity index (χ1v) is 13.0. The summed E-state index contributed by atoms with van der Waals surface area (Å²) in [5.74, 6) is -9.63. The Morgan fingerprint density at radius 2 is 1.41 bits per heavy atom. The van der Waals surface area contributed by atoms with Gasteiger partial charge in [0.1, 0.15) is 12.1 Å². The van der Waals surface area contributed by atoms with Crippen LogP contribution in [0.2, 0.25) is 0 Å². The van der Waals surface area contributed by atoms with E-state index < -0.39 is 85.2 Å². The van der Waals surface area contributed by atoms with Crippen LogP contribution in [0.1, 0.15) is 24.8 Å². The van der Waals surface area contributed by atoms with E-state index in [9.17, 15) is 51.0 Å². The van der Waals surface area contributed by atoms with Gasteiger partial charge in [-0.05, 0) is 18.4 Å². The summed E-state index contributed by atoms with van der Waals surface area (Å²) in [6, 6.07) is 3.69. The highest BCUT2D eigenvalue weighted by molar-refractivity contribution is 5.94. The number of benzene rings is 1. The summed E-state index contributed by atoms with van der Waals surface area (Å²) in [7, 11) is 0. The molecule has 21 heteroatoms. The molecule has 0 aliphatic heterocycles. The number of halogens is 5. The van der Waals surface area contributed by atoms with Crippen LogP contribution in [-0.4, -0.2) is 107 Å². The zero-order valence-corrected chi connectivity index (χ0v) is 23.9. The van der Waals surface area contributed by atoms with Crippen molar-refractivity contribution < 1.29 is 66.0 Å². The molecular weight excluding hydrogens is 637 g/mol. The van der Waals surface area contributed by atoms with Crippen molar-refractivity contribution in [3.05, 3.63) is 35.9 Å². The Hall–Kier alpha value is -5.08. The summed E-state index contributed by atoms with van der Waals surface area (Å²) >= 11 is 0. The average Bonchev–Trinajstić information content (AvgIpc) is 2.96. The molecule has 258 valence electrons. The van der Waals surface area contributed by atoms with Crippen molar-refractivity contribution in [1.82, 2.24) is 16.0 Å². The number of nitrogens with one attached hydrogen (secondary N) is 3. The maximum Gasteiger partial charge on any atom is 0.490 e. The molecule has 0 saturated heterocycles. The van der Waals surface area contributed by atoms with Gasteiger partial charge < -0.3 is 48.5 Å². The molecule has 1 aromatic rings. The molecule has 0 spiro atoms. The highest BCUT2D eigenvalue weighted by atomic mass is 19.4. The van der Waals surface area contributed by atoms with Crippen LogP contribution in [0.4, 0.5) is 22.0 Å². The van der Waals surface area contributed by atoms with Gasteiger partial charge in [0.05, 0.1) is 19.0 Å². The number of nitrogens with two attached hydrogens (primary N) is 3. The normalized spacial score (nSPS) is 14.0. The van der Waals surface area contributed by atoms with E-state index in [4.69, 9.17) is 32.2 Å². The fraction of sp³-hybridized carbons (Fsp3) is 0.480. The second kappa shape index (κ2) is 20.0. The maximum absolute atomic E-state index is 14.4. The average molecular weight is 672 g/mol. The zero-order chi connectivity index (χ0) is 35.6. The molecule has 3 amide bonds. The Balaban J connectivity index is 0.00000258. The number of alkyl halides is 5. The molecule has 0 aliphatic rings. The minimum absolute atomic E-state index is 0.132. The lowest BCUT2D eigenvalue weighted by Gasteiger charge is -2.22. The van der Waals surface area contributed by atoms with Gasteiger partial charge in [-0.25, -0.2) is 18.4 Å².